The Bertz CT molecular complexity index is 472. The van der Waals surface area contributed by atoms with Crippen LogP contribution >= 0.6 is 0 Å². The normalized spacial score (nSPS) is 10.8. The second-order valence-electron chi connectivity index (χ2n) is 3.69. The molecule has 2 aromatic carbocycles. The molecule has 0 heterocycles. The number of rotatable bonds is 3. The predicted molar refractivity (Wildman–Crippen MR) is 67.3 cm³/mol. The van der Waals surface area contributed by atoms with Crippen LogP contribution in [0.4, 0.5) is 0 Å². The van der Waals surface area contributed by atoms with Gasteiger partial charge in [0.2, 0.25) is 0 Å². The van der Waals surface area contributed by atoms with Gasteiger partial charge in [-0.1, -0.05) is 54.6 Å². The van der Waals surface area contributed by atoms with Crippen molar-refractivity contribution in [2.45, 2.75) is 6.42 Å². The topological polar surface area (TPSA) is 20.2 Å². The number of phenolic OH excluding ortho intramolecular Hbond substituents is 1. The van der Waals surface area contributed by atoms with Gasteiger partial charge in [-0.25, -0.2) is 0 Å². The number of hydrogen-bond donors (Lipinski definition) is 1. The molecule has 0 aromatic heterocycles. The highest BCUT2D eigenvalue weighted by molar-refractivity contribution is 5.49. The summed E-state index contributed by atoms with van der Waals surface area (Å²) in [5.74, 6) is 0.325. The van der Waals surface area contributed by atoms with E-state index in [1.807, 2.05) is 30.3 Å². The molecule has 0 amide bonds. The van der Waals surface area contributed by atoms with Crippen molar-refractivity contribution in [1.29, 1.82) is 0 Å². The third-order valence-electron chi connectivity index (χ3n) is 2.37. The van der Waals surface area contributed by atoms with E-state index in [4.69, 9.17) is 0 Å². The number of aromatic hydroxyl groups is 1. The average Bonchev–Trinajstić information content (AvgIpc) is 2.30. The average molecular weight is 210 g/mol. The van der Waals surface area contributed by atoms with Crippen LogP contribution in [0.2, 0.25) is 0 Å². The summed E-state index contributed by atoms with van der Waals surface area (Å²) in [4.78, 5) is 0. The molecule has 0 aliphatic rings. The molecule has 80 valence electrons. The minimum absolute atomic E-state index is 0.325. The molecule has 0 fully saturated rings. The molecule has 1 N–H and O–H groups in total. The van der Waals surface area contributed by atoms with Gasteiger partial charge in [0.05, 0.1) is 0 Å². The lowest BCUT2D eigenvalue weighted by Crippen LogP contribution is -1.79. The zero-order valence-electron chi connectivity index (χ0n) is 9.01. The molecule has 16 heavy (non-hydrogen) atoms. The van der Waals surface area contributed by atoms with E-state index in [2.05, 4.69) is 24.3 Å². The first-order chi connectivity index (χ1) is 7.84. The van der Waals surface area contributed by atoms with Crippen molar-refractivity contribution in [2.24, 2.45) is 0 Å². The number of benzene rings is 2. The Morgan fingerprint density at radius 2 is 1.75 bits per heavy atom. The summed E-state index contributed by atoms with van der Waals surface area (Å²) in [6, 6.07) is 17.5. The zero-order valence-corrected chi connectivity index (χ0v) is 9.01. The van der Waals surface area contributed by atoms with Gasteiger partial charge in [-0.15, -0.1) is 0 Å². The molecule has 0 radical (unpaired) electrons. The first-order valence-corrected chi connectivity index (χ1v) is 5.34. The van der Waals surface area contributed by atoms with Crippen molar-refractivity contribution < 1.29 is 5.11 Å². The molecule has 0 saturated carbocycles. The smallest absolute Gasteiger partial charge is 0.115 e. The molecule has 0 spiro atoms. The van der Waals surface area contributed by atoms with Gasteiger partial charge >= 0.3 is 0 Å². The van der Waals surface area contributed by atoms with Gasteiger partial charge in [-0.2, -0.15) is 0 Å². The maximum atomic E-state index is 9.31. The summed E-state index contributed by atoms with van der Waals surface area (Å²) in [6.45, 7) is 0. The molecular formula is C15H14O. The van der Waals surface area contributed by atoms with E-state index in [0.29, 0.717) is 5.75 Å². The lowest BCUT2D eigenvalue weighted by Gasteiger charge is -1.97. The lowest BCUT2D eigenvalue weighted by molar-refractivity contribution is 0.474. The molecule has 0 aliphatic heterocycles. The van der Waals surface area contributed by atoms with Crippen LogP contribution in [0.1, 0.15) is 11.1 Å². The Morgan fingerprint density at radius 3 is 2.50 bits per heavy atom. The Labute approximate surface area is 95.7 Å². The molecule has 0 atom stereocenters. The zero-order chi connectivity index (χ0) is 11.2. The molecule has 0 saturated heterocycles. The van der Waals surface area contributed by atoms with Crippen LogP contribution in [0.5, 0.6) is 5.75 Å². The molecule has 0 unspecified atom stereocenters. The highest BCUT2D eigenvalue weighted by Crippen LogP contribution is 2.12. The van der Waals surface area contributed by atoms with Gasteiger partial charge in [0.15, 0.2) is 0 Å². The second-order valence-corrected chi connectivity index (χ2v) is 3.69. The number of hydrogen-bond acceptors (Lipinski definition) is 1. The van der Waals surface area contributed by atoms with Crippen LogP contribution in [-0.4, -0.2) is 5.11 Å². The van der Waals surface area contributed by atoms with Crippen molar-refractivity contribution in [1.82, 2.24) is 0 Å². The quantitative estimate of drug-likeness (QED) is 0.819. The van der Waals surface area contributed by atoms with Crippen molar-refractivity contribution in [3.8, 4) is 5.75 Å². The van der Waals surface area contributed by atoms with Gasteiger partial charge in [-0.3, -0.25) is 0 Å². The summed E-state index contributed by atoms with van der Waals surface area (Å²) in [7, 11) is 0. The van der Waals surface area contributed by atoms with Gasteiger partial charge in [-0.05, 0) is 29.7 Å². The van der Waals surface area contributed by atoms with E-state index in [1.165, 1.54) is 5.56 Å². The Morgan fingerprint density at radius 1 is 0.938 bits per heavy atom. The van der Waals surface area contributed by atoms with Gasteiger partial charge in [0, 0.05) is 0 Å². The number of phenols is 1. The summed E-state index contributed by atoms with van der Waals surface area (Å²) in [5, 5.41) is 9.31. The predicted octanol–water partition coefficient (Wildman–Crippen LogP) is 3.65. The SMILES string of the molecule is Oc1cccc(C/C=C/c2ccccc2)c1. The van der Waals surface area contributed by atoms with E-state index in [1.54, 1.807) is 12.1 Å². The monoisotopic (exact) mass is 210 g/mol. The fraction of sp³-hybridized carbons (Fsp3) is 0.0667. The molecule has 2 aromatic rings. The van der Waals surface area contributed by atoms with Crippen LogP contribution in [0.15, 0.2) is 60.7 Å². The van der Waals surface area contributed by atoms with Crippen molar-refractivity contribution in [3.05, 3.63) is 71.8 Å². The first kappa shape index (κ1) is 10.5. The highest BCUT2D eigenvalue weighted by Gasteiger charge is 1.91. The maximum absolute atomic E-state index is 9.31. The van der Waals surface area contributed by atoms with Crippen molar-refractivity contribution in [2.75, 3.05) is 0 Å². The van der Waals surface area contributed by atoms with Crippen molar-refractivity contribution in [3.63, 3.8) is 0 Å². The molecule has 2 rings (SSSR count). The Kier molecular flexibility index (Phi) is 3.39. The summed E-state index contributed by atoms with van der Waals surface area (Å²) >= 11 is 0. The Hall–Kier alpha value is -2.02. The molecule has 0 bridgehead atoms. The minimum atomic E-state index is 0.325. The van der Waals surface area contributed by atoms with Crippen LogP contribution < -0.4 is 0 Å². The van der Waals surface area contributed by atoms with E-state index in [-0.39, 0.29) is 0 Å². The summed E-state index contributed by atoms with van der Waals surface area (Å²) in [6.07, 6.45) is 5.03. The van der Waals surface area contributed by atoms with Gasteiger partial charge in [0.25, 0.3) is 0 Å². The first-order valence-electron chi connectivity index (χ1n) is 5.34. The molecule has 1 nitrogen and oxygen atoms in total. The fourth-order valence-electron chi connectivity index (χ4n) is 1.58. The highest BCUT2D eigenvalue weighted by atomic mass is 16.3. The van der Waals surface area contributed by atoms with Crippen LogP contribution in [0, 0.1) is 0 Å². The third kappa shape index (κ3) is 2.99. The van der Waals surface area contributed by atoms with E-state index in [0.717, 1.165) is 12.0 Å². The van der Waals surface area contributed by atoms with Gasteiger partial charge in [0.1, 0.15) is 5.75 Å². The largest absolute Gasteiger partial charge is 0.508 e. The standard InChI is InChI=1S/C15H14O/c16-15-11-5-10-14(12-15)9-4-8-13-6-2-1-3-7-13/h1-8,10-12,16H,9H2/b8-4+. The fourth-order valence-corrected chi connectivity index (χ4v) is 1.58. The van der Waals surface area contributed by atoms with Crippen LogP contribution in [0.25, 0.3) is 6.08 Å². The molecule has 1 heteroatoms. The van der Waals surface area contributed by atoms with Crippen molar-refractivity contribution >= 4 is 6.08 Å². The van der Waals surface area contributed by atoms with Gasteiger partial charge < -0.3 is 5.11 Å². The van der Waals surface area contributed by atoms with E-state index < -0.39 is 0 Å². The summed E-state index contributed by atoms with van der Waals surface area (Å²) < 4.78 is 0. The van der Waals surface area contributed by atoms with E-state index in [9.17, 15) is 5.11 Å². The molecule has 0 aliphatic carbocycles. The van der Waals surface area contributed by atoms with Crippen LogP contribution in [-0.2, 0) is 6.42 Å². The molecular weight excluding hydrogens is 196 g/mol. The lowest BCUT2D eigenvalue weighted by atomic mass is 10.1. The van der Waals surface area contributed by atoms with E-state index >= 15 is 0 Å². The third-order valence-corrected chi connectivity index (χ3v) is 2.37. The number of allylic oxidation sites excluding steroid dienone is 1. The maximum Gasteiger partial charge on any atom is 0.115 e. The second kappa shape index (κ2) is 5.17. The van der Waals surface area contributed by atoms with Crippen LogP contribution in [0.3, 0.4) is 0 Å². The Balaban J connectivity index is 2.00. The summed E-state index contributed by atoms with van der Waals surface area (Å²) in [5.41, 5.74) is 2.31. The minimum Gasteiger partial charge on any atom is -0.508 e.